The summed E-state index contributed by atoms with van der Waals surface area (Å²) >= 11 is 12.6. The summed E-state index contributed by atoms with van der Waals surface area (Å²) in [6.45, 7) is 0.341. The first-order valence-electron chi connectivity index (χ1n) is 8.59. The predicted molar refractivity (Wildman–Crippen MR) is 114 cm³/mol. The number of benzene rings is 3. The summed E-state index contributed by atoms with van der Waals surface area (Å²) < 4.78 is 10.4. The van der Waals surface area contributed by atoms with Gasteiger partial charge in [-0.25, -0.2) is 4.79 Å². The zero-order valence-corrected chi connectivity index (χ0v) is 16.9. The molecule has 29 heavy (non-hydrogen) atoms. The van der Waals surface area contributed by atoms with E-state index in [2.05, 4.69) is 9.73 Å². The highest BCUT2D eigenvalue weighted by atomic mass is 35.5. The van der Waals surface area contributed by atoms with Crippen molar-refractivity contribution in [2.75, 3.05) is 7.11 Å². The molecule has 0 bridgehead atoms. The molecule has 0 aliphatic rings. The van der Waals surface area contributed by atoms with Crippen LogP contribution in [0.3, 0.4) is 0 Å². The van der Waals surface area contributed by atoms with Crippen molar-refractivity contribution in [1.29, 1.82) is 0 Å². The number of ether oxygens (including phenoxy) is 2. The molecule has 7 heteroatoms. The summed E-state index contributed by atoms with van der Waals surface area (Å²) in [6.07, 6.45) is 1.51. The molecule has 0 heterocycles. The molecule has 0 amide bonds. The number of aliphatic imine (C=N–C) groups is 1. The molecule has 148 valence electrons. The van der Waals surface area contributed by atoms with E-state index >= 15 is 0 Å². The fourth-order valence-corrected chi connectivity index (χ4v) is 3.16. The topological polar surface area (TPSA) is 68.1 Å². The van der Waals surface area contributed by atoms with E-state index in [-0.39, 0.29) is 17.0 Å². The Balaban J connectivity index is 1.76. The van der Waals surface area contributed by atoms with Crippen LogP contribution in [-0.4, -0.2) is 24.4 Å². The van der Waals surface area contributed by atoms with Crippen LogP contribution in [0.2, 0.25) is 10.0 Å². The Morgan fingerprint density at radius 3 is 2.38 bits per heavy atom. The Bertz CT molecular complexity index is 1030. The quantitative estimate of drug-likeness (QED) is 0.396. The molecule has 0 radical (unpaired) electrons. The van der Waals surface area contributed by atoms with Gasteiger partial charge in [-0.05, 0) is 41.5 Å². The van der Waals surface area contributed by atoms with Crippen molar-refractivity contribution in [3.05, 3.63) is 87.4 Å². The van der Waals surface area contributed by atoms with E-state index in [1.165, 1.54) is 31.5 Å². The van der Waals surface area contributed by atoms with Gasteiger partial charge >= 0.3 is 5.97 Å². The van der Waals surface area contributed by atoms with Crippen molar-refractivity contribution in [2.24, 2.45) is 4.99 Å². The molecular formula is C22H17Cl2NO4. The number of hydrogen-bond acceptors (Lipinski definition) is 5. The predicted octanol–water partition coefficient (Wildman–Crippen LogP) is 5.82. The fraction of sp³-hybridized carbons (Fsp3) is 0.0909. The molecule has 1 N–H and O–H groups in total. The molecule has 0 aliphatic heterocycles. The second-order valence-electron chi connectivity index (χ2n) is 6.04. The summed E-state index contributed by atoms with van der Waals surface area (Å²) in [6, 6.07) is 17.3. The number of hydrogen-bond donors (Lipinski definition) is 1. The van der Waals surface area contributed by atoms with Gasteiger partial charge in [-0.2, -0.15) is 0 Å². The third kappa shape index (κ3) is 5.28. The zero-order valence-electron chi connectivity index (χ0n) is 15.4. The maximum absolute atomic E-state index is 11.5. The van der Waals surface area contributed by atoms with Crippen molar-refractivity contribution in [2.45, 2.75) is 6.61 Å². The highest BCUT2D eigenvalue weighted by Gasteiger charge is 2.11. The van der Waals surface area contributed by atoms with Crippen LogP contribution in [0.5, 0.6) is 11.5 Å². The summed E-state index contributed by atoms with van der Waals surface area (Å²) in [5.74, 6) is -0.302. The summed E-state index contributed by atoms with van der Waals surface area (Å²) in [5, 5.41) is 10.7. The summed E-state index contributed by atoms with van der Waals surface area (Å²) in [5.41, 5.74) is 2.14. The molecule has 0 aliphatic carbocycles. The van der Waals surface area contributed by atoms with E-state index < -0.39 is 5.97 Å². The van der Waals surface area contributed by atoms with Crippen molar-refractivity contribution in [3.8, 4) is 11.5 Å². The van der Waals surface area contributed by atoms with Crippen LogP contribution in [0.25, 0.3) is 0 Å². The maximum Gasteiger partial charge on any atom is 0.337 e. The standard InChI is InChI=1S/C22H17Cl2NO4/c1-28-22(27)16-7-8-19(20(26)11-16)25-12-15-9-17(23)21(18(24)10-15)29-13-14-5-3-2-4-6-14/h2-12,26H,13H2,1H3. The minimum absolute atomic E-state index is 0.149. The van der Waals surface area contributed by atoms with E-state index in [1.54, 1.807) is 12.1 Å². The van der Waals surface area contributed by atoms with Crippen LogP contribution in [0.4, 0.5) is 5.69 Å². The van der Waals surface area contributed by atoms with Gasteiger partial charge in [0.1, 0.15) is 18.0 Å². The number of phenolic OH excluding ortho intramolecular Hbond substituents is 1. The van der Waals surface area contributed by atoms with Crippen LogP contribution in [-0.2, 0) is 11.3 Å². The highest BCUT2D eigenvalue weighted by Crippen LogP contribution is 2.35. The normalized spacial score (nSPS) is 10.9. The summed E-state index contributed by atoms with van der Waals surface area (Å²) in [4.78, 5) is 15.7. The first-order chi connectivity index (χ1) is 14.0. The minimum atomic E-state index is -0.541. The van der Waals surface area contributed by atoms with Gasteiger partial charge < -0.3 is 14.6 Å². The van der Waals surface area contributed by atoms with E-state index in [0.717, 1.165) is 5.56 Å². The SMILES string of the molecule is COC(=O)c1ccc(N=Cc2cc(Cl)c(OCc3ccccc3)c(Cl)c2)c(O)c1. The van der Waals surface area contributed by atoms with E-state index in [1.807, 2.05) is 30.3 Å². The van der Waals surface area contributed by atoms with Gasteiger partial charge in [-0.1, -0.05) is 53.5 Å². The number of aromatic hydroxyl groups is 1. The second-order valence-corrected chi connectivity index (χ2v) is 6.86. The average molecular weight is 430 g/mol. The monoisotopic (exact) mass is 429 g/mol. The molecule has 0 spiro atoms. The lowest BCUT2D eigenvalue weighted by molar-refractivity contribution is 0.0600. The van der Waals surface area contributed by atoms with E-state index in [4.69, 9.17) is 27.9 Å². The molecule has 0 saturated heterocycles. The third-order valence-corrected chi connectivity index (χ3v) is 4.56. The molecule has 0 saturated carbocycles. The molecule has 0 fully saturated rings. The molecule has 3 aromatic rings. The van der Waals surface area contributed by atoms with Gasteiger partial charge in [-0.15, -0.1) is 0 Å². The lowest BCUT2D eigenvalue weighted by Gasteiger charge is -2.11. The van der Waals surface area contributed by atoms with Gasteiger partial charge in [0.25, 0.3) is 0 Å². The number of carbonyl (C=O) groups excluding carboxylic acids is 1. The molecule has 5 nitrogen and oxygen atoms in total. The van der Waals surface area contributed by atoms with Crippen molar-refractivity contribution in [3.63, 3.8) is 0 Å². The van der Waals surface area contributed by atoms with Crippen LogP contribution in [0.1, 0.15) is 21.5 Å². The largest absolute Gasteiger partial charge is 0.506 e. The second kappa shape index (κ2) is 9.45. The maximum atomic E-state index is 11.5. The lowest BCUT2D eigenvalue weighted by Crippen LogP contribution is -2.00. The molecule has 3 rings (SSSR count). The van der Waals surface area contributed by atoms with Crippen molar-refractivity contribution >= 4 is 41.1 Å². The third-order valence-electron chi connectivity index (χ3n) is 4.00. The first-order valence-corrected chi connectivity index (χ1v) is 9.34. The van der Waals surface area contributed by atoms with E-state index in [9.17, 15) is 9.90 Å². The van der Waals surface area contributed by atoms with Gasteiger partial charge in [0.2, 0.25) is 0 Å². The molecular weight excluding hydrogens is 413 g/mol. The van der Waals surface area contributed by atoms with Crippen molar-refractivity contribution < 1.29 is 19.4 Å². The number of nitrogens with zero attached hydrogens (tertiary/aromatic N) is 1. The Morgan fingerprint density at radius 1 is 1.07 bits per heavy atom. The number of phenols is 1. The van der Waals surface area contributed by atoms with Crippen LogP contribution < -0.4 is 4.74 Å². The molecule has 3 aromatic carbocycles. The number of esters is 1. The molecule has 0 aromatic heterocycles. The Hall–Kier alpha value is -3.02. The Labute approximate surface area is 178 Å². The van der Waals surface area contributed by atoms with Crippen molar-refractivity contribution in [1.82, 2.24) is 0 Å². The Morgan fingerprint density at radius 2 is 1.76 bits per heavy atom. The minimum Gasteiger partial charge on any atom is -0.506 e. The number of methoxy groups -OCH3 is 1. The highest BCUT2D eigenvalue weighted by molar-refractivity contribution is 6.37. The number of carbonyl (C=O) groups is 1. The zero-order chi connectivity index (χ0) is 20.8. The first kappa shape index (κ1) is 20.7. The number of rotatable bonds is 6. The van der Waals surface area contributed by atoms with E-state index in [0.29, 0.717) is 28.0 Å². The van der Waals surface area contributed by atoms with Crippen LogP contribution in [0.15, 0.2) is 65.7 Å². The fourth-order valence-electron chi connectivity index (χ4n) is 2.54. The summed E-state index contributed by atoms with van der Waals surface area (Å²) in [7, 11) is 1.27. The smallest absolute Gasteiger partial charge is 0.337 e. The van der Waals surface area contributed by atoms with Gasteiger partial charge in [-0.3, -0.25) is 4.99 Å². The molecule has 0 atom stereocenters. The van der Waals surface area contributed by atoms with Gasteiger partial charge in [0.05, 0.1) is 22.7 Å². The van der Waals surface area contributed by atoms with Gasteiger partial charge in [0.15, 0.2) is 5.75 Å². The lowest BCUT2D eigenvalue weighted by atomic mass is 10.2. The number of halogens is 2. The Kier molecular flexibility index (Phi) is 6.75. The van der Waals surface area contributed by atoms with Gasteiger partial charge in [0, 0.05) is 6.21 Å². The average Bonchev–Trinajstić information content (AvgIpc) is 2.72. The van der Waals surface area contributed by atoms with Crippen LogP contribution >= 0.6 is 23.2 Å². The van der Waals surface area contributed by atoms with Crippen LogP contribution in [0, 0.1) is 0 Å². The molecule has 0 unspecified atom stereocenters.